The number of aromatic nitrogens is 2. The van der Waals surface area contributed by atoms with Crippen LogP contribution < -0.4 is 5.32 Å². The van der Waals surface area contributed by atoms with Crippen LogP contribution in [0.1, 0.15) is 60.8 Å². The molecule has 0 saturated heterocycles. The summed E-state index contributed by atoms with van der Waals surface area (Å²) in [6, 6.07) is 10.5. The summed E-state index contributed by atoms with van der Waals surface area (Å²) < 4.78 is 0. The van der Waals surface area contributed by atoms with Crippen LogP contribution in [-0.4, -0.2) is 15.9 Å². The lowest BCUT2D eigenvalue weighted by molar-refractivity contribution is -0.127. The molecule has 1 fully saturated rings. The number of nitrogens with zero attached hydrogens (tertiary/aromatic N) is 2. The van der Waals surface area contributed by atoms with E-state index in [-0.39, 0.29) is 17.4 Å². The molecule has 1 heterocycles. The van der Waals surface area contributed by atoms with E-state index >= 15 is 0 Å². The minimum atomic E-state index is -0.154. The highest BCUT2D eigenvalue weighted by atomic mass is 16.2. The molecule has 1 N–H and O–H groups in total. The minimum Gasteiger partial charge on any atom is -0.349 e. The Hall–Kier alpha value is -2.23. The van der Waals surface area contributed by atoms with Gasteiger partial charge in [-0.1, -0.05) is 30.3 Å². The number of carbonyl (C=O) groups excluding carboxylic acids is 1. The average molecular weight is 335 g/mol. The molecule has 0 spiro atoms. The number of nitrogens with one attached hydrogen (secondary N) is 1. The normalized spacial score (nSPS) is 20.6. The number of benzene rings is 1. The first-order valence-electron chi connectivity index (χ1n) is 9.34. The lowest BCUT2D eigenvalue weighted by Gasteiger charge is -2.27. The number of carbonyl (C=O) groups is 1. The molecule has 4 heteroatoms. The van der Waals surface area contributed by atoms with E-state index in [4.69, 9.17) is 0 Å². The summed E-state index contributed by atoms with van der Waals surface area (Å²) in [6.45, 7) is 1.92. The van der Waals surface area contributed by atoms with Crippen molar-refractivity contribution in [3.05, 3.63) is 59.2 Å². The monoisotopic (exact) mass is 335 g/mol. The second-order valence-corrected chi connectivity index (χ2v) is 7.50. The largest absolute Gasteiger partial charge is 0.349 e. The van der Waals surface area contributed by atoms with Crippen molar-refractivity contribution in [3.8, 4) is 0 Å². The third-order valence-electron chi connectivity index (χ3n) is 5.68. The van der Waals surface area contributed by atoms with Crippen LogP contribution in [-0.2, 0) is 17.6 Å². The lowest BCUT2D eigenvalue weighted by atomic mass is 9.90. The maximum Gasteiger partial charge on any atom is 0.226 e. The van der Waals surface area contributed by atoms with Crippen LogP contribution >= 0.6 is 0 Å². The van der Waals surface area contributed by atoms with Crippen molar-refractivity contribution in [2.45, 2.75) is 57.9 Å². The molecular formula is C21H25N3O. The fourth-order valence-electron chi connectivity index (χ4n) is 3.88. The molecule has 130 valence electrons. The third kappa shape index (κ3) is 3.44. The van der Waals surface area contributed by atoms with Crippen LogP contribution in [0, 0.1) is 12.3 Å². The van der Waals surface area contributed by atoms with E-state index < -0.39 is 0 Å². The van der Waals surface area contributed by atoms with Crippen LogP contribution in [0.2, 0.25) is 0 Å². The van der Waals surface area contributed by atoms with Gasteiger partial charge < -0.3 is 5.32 Å². The van der Waals surface area contributed by atoms with Gasteiger partial charge in [-0.3, -0.25) is 4.79 Å². The average Bonchev–Trinajstić information content (AvgIpc) is 3.42. The van der Waals surface area contributed by atoms with Gasteiger partial charge in [0, 0.05) is 22.9 Å². The fraction of sp³-hybridized carbons (Fsp3) is 0.476. The molecule has 0 bridgehead atoms. The Kier molecular flexibility index (Phi) is 4.28. The molecule has 1 saturated carbocycles. The number of aryl methyl sites for hydroxylation is 3. The third-order valence-corrected chi connectivity index (χ3v) is 5.68. The summed E-state index contributed by atoms with van der Waals surface area (Å²) in [5, 5.41) is 3.31. The molecule has 2 aliphatic rings. The van der Waals surface area contributed by atoms with Gasteiger partial charge in [0.15, 0.2) is 0 Å². The quantitative estimate of drug-likeness (QED) is 0.906. The van der Waals surface area contributed by atoms with Crippen LogP contribution in [0.3, 0.4) is 0 Å². The van der Waals surface area contributed by atoms with Gasteiger partial charge in [0.2, 0.25) is 5.91 Å². The van der Waals surface area contributed by atoms with Crippen LogP contribution in [0.15, 0.2) is 36.5 Å². The van der Waals surface area contributed by atoms with Gasteiger partial charge in [-0.2, -0.15) is 0 Å². The Morgan fingerprint density at radius 1 is 1.28 bits per heavy atom. The van der Waals surface area contributed by atoms with E-state index in [1.54, 1.807) is 0 Å². The zero-order chi connectivity index (χ0) is 17.3. The molecule has 25 heavy (non-hydrogen) atoms. The van der Waals surface area contributed by atoms with E-state index in [1.165, 1.54) is 5.56 Å². The predicted molar refractivity (Wildman–Crippen MR) is 97.0 cm³/mol. The van der Waals surface area contributed by atoms with Crippen LogP contribution in [0.4, 0.5) is 0 Å². The molecule has 4 rings (SSSR count). The predicted octanol–water partition coefficient (Wildman–Crippen LogP) is 3.69. The SMILES string of the molecule is Cc1ncc2c(n1)CCCC2NC(=O)C1(CCc2ccccc2)CC1. The minimum absolute atomic E-state index is 0.0750. The summed E-state index contributed by atoms with van der Waals surface area (Å²) in [6.07, 6.45) is 8.89. The van der Waals surface area contributed by atoms with Crippen molar-refractivity contribution < 1.29 is 4.79 Å². The Morgan fingerprint density at radius 3 is 2.84 bits per heavy atom. The highest BCUT2D eigenvalue weighted by Gasteiger charge is 2.49. The summed E-state index contributed by atoms with van der Waals surface area (Å²) in [4.78, 5) is 21.8. The molecule has 2 aromatic rings. The standard InChI is InChI=1S/C21H25N3O/c1-15-22-14-17-18(23-15)8-5-9-19(17)24-20(25)21(12-13-21)11-10-16-6-3-2-4-7-16/h2-4,6-7,14,19H,5,8-13H2,1H3,(H,24,25). The zero-order valence-electron chi connectivity index (χ0n) is 14.8. The second kappa shape index (κ2) is 6.58. The van der Waals surface area contributed by atoms with Gasteiger partial charge in [0.25, 0.3) is 0 Å². The van der Waals surface area contributed by atoms with E-state index in [2.05, 4.69) is 39.6 Å². The fourth-order valence-corrected chi connectivity index (χ4v) is 3.88. The van der Waals surface area contributed by atoms with Crippen molar-refractivity contribution in [3.63, 3.8) is 0 Å². The number of hydrogen-bond donors (Lipinski definition) is 1. The highest BCUT2D eigenvalue weighted by molar-refractivity contribution is 5.85. The molecule has 1 aromatic carbocycles. The first-order valence-corrected chi connectivity index (χ1v) is 9.34. The molecule has 2 aliphatic carbocycles. The number of hydrogen-bond acceptors (Lipinski definition) is 3. The smallest absolute Gasteiger partial charge is 0.226 e. The molecular weight excluding hydrogens is 310 g/mol. The maximum atomic E-state index is 12.9. The first kappa shape index (κ1) is 16.2. The van der Waals surface area contributed by atoms with E-state index in [0.29, 0.717) is 0 Å². The Balaban J connectivity index is 1.42. The zero-order valence-corrected chi connectivity index (χ0v) is 14.8. The molecule has 4 nitrogen and oxygen atoms in total. The summed E-state index contributed by atoms with van der Waals surface area (Å²) in [5.41, 5.74) is 3.38. The summed E-state index contributed by atoms with van der Waals surface area (Å²) in [7, 11) is 0. The van der Waals surface area contributed by atoms with Crippen molar-refractivity contribution >= 4 is 5.91 Å². The van der Waals surface area contributed by atoms with Crippen molar-refractivity contribution in [2.75, 3.05) is 0 Å². The van der Waals surface area contributed by atoms with E-state index in [9.17, 15) is 4.79 Å². The molecule has 1 amide bonds. The Labute approximate surface area is 149 Å². The van der Waals surface area contributed by atoms with Crippen molar-refractivity contribution in [2.24, 2.45) is 5.41 Å². The number of amides is 1. The summed E-state index contributed by atoms with van der Waals surface area (Å²) in [5.74, 6) is 1.04. The van der Waals surface area contributed by atoms with Gasteiger partial charge in [-0.15, -0.1) is 0 Å². The van der Waals surface area contributed by atoms with E-state index in [0.717, 1.165) is 62.0 Å². The highest BCUT2D eigenvalue weighted by Crippen LogP contribution is 2.50. The molecule has 0 aliphatic heterocycles. The second-order valence-electron chi connectivity index (χ2n) is 7.50. The molecule has 1 unspecified atom stereocenters. The molecule has 1 atom stereocenters. The molecule has 1 aromatic heterocycles. The van der Waals surface area contributed by atoms with Gasteiger partial charge in [0.1, 0.15) is 5.82 Å². The summed E-state index contributed by atoms with van der Waals surface area (Å²) >= 11 is 0. The lowest BCUT2D eigenvalue weighted by Crippen LogP contribution is -2.37. The van der Waals surface area contributed by atoms with Crippen molar-refractivity contribution in [1.82, 2.24) is 15.3 Å². The number of fused-ring (bicyclic) bond motifs is 1. The first-order chi connectivity index (χ1) is 12.2. The number of rotatable bonds is 5. The Morgan fingerprint density at radius 2 is 2.08 bits per heavy atom. The van der Waals surface area contributed by atoms with Crippen LogP contribution in [0.25, 0.3) is 0 Å². The molecule has 0 radical (unpaired) electrons. The van der Waals surface area contributed by atoms with Crippen LogP contribution in [0.5, 0.6) is 0 Å². The van der Waals surface area contributed by atoms with E-state index in [1.807, 2.05) is 19.2 Å². The van der Waals surface area contributed by atoms with Gasteiger partial charge in [0.05, 0.1) is 6.04 Å². The van der Waals surface area contributed by atoms with Gasteiger partial charge >= 0.3 is 0 Å². The van der Waals surface area contributed by atoms with Crippen molar-refractivity contribution in [1.29, 1.82) is 0 Å². The maximum absolute atomic E-state index is 12.9. The Bertz CT molecular complexity index is 768. The van der Waals surface area contributed by atoms with Gasteiger partial charge in [-0.25, -0.2) is 9.97 Å². The van der Waals surface area contributed by atoms with Gasteiger partial charge in [-0.05, 0) is 57.4 Å². The topological polar surface area (TPSA) is 54.9 Å².